The highest BCUT2D eigenvalue weighted by molar-refractivity contribution is 6.14. The van der Waals surface area contributed by atoms with Crippen molar-refractivity contribution in [2.24, 2.45) is 0 Å². The average Bonchev–Trinajstić information content (AvgIpc) is 3.72. The Bertz CT molecular complexity index is 2740. The van der Waals surface area contributed by atoms with Crippen LogP contribution in [0.1, 0.15) is 17.7 Å². The first-order valence-electron chi connectivity index (χ1n) is 17.5. The minimum Gasteiger partial charge on any atom is -0.309 e. The van der Waals surface area contributed by atoms with Crippen molar-refractivity contribution in [3.63, 3.8) is 0 Å². The van der Waals surface area contributed by atoms with Crippen molar-refractivity contribution < 1.29 is 0 Å². The van der Waals surface area contributed by atoms with E-state index in [2.05, 4.69) is 191 Å². The molecule has 0 saturated heterocycles. The summed E-state index contributed by atoms with van der Waals surface area (Å²) in [6.45, 7) is 0. The van der Waals surface area contributed by atoms with E-state index in [1.807, 2.05) is 0 Å². The number of fused-ring (bicyclic) bond motifs is 6. The Kier molecular flexibility index (Phi) is 6.67. The molecule has 50 heavy (non-hydrogen) atoms. The highest BCUT2D eigenvalue weighted by Gasteiger charge is 2.22. The largest absolute Gasteiger partial charge is 0.309 e. The molecule has 0 N–H and O–H groups in total. The molecule has 7 aromatic carbocycles. The second-order valence-corrected chi connectivity index (χ2v) is 13.2. The average molecular weight is 639 g/mol. The third kappa shape index (κ3) is 4.49. The summed E-state index contributed by atoms with van der Waals surface area (Å²) in [6, 6.07) is 62.0. The molecular formula is C48H34N2. The van der Waals surface area contributed by atoms with Crippen LogP contribution in [0.2, 0.25) is 0 Å². The first-order chi connectivity index (χ1) is 24.8. The lowest BCUT2D eigenvalue weighted by Crippen LogP contribution is -2.00. The molecule has 0 amide bonds. The summed E-state index contributed by atoms with van der Waals surface area (Å²) in [7, 11) is 0. The van der Waals surface area contributed by atoms with Gasteiger partial charge in [-0.2, -0.15) is 0 Å². The van der Waals surface area contributed by atoms with Crippen LogP contribution < -0.4 is 0 Å². The number of aromatic nitrogens is 2. The summed E-state index contributed by atoms with van der Waals surface area (Å²) >= 11 is 0. The van der Waals surface area contributed by atoms with Gasteiger partial charge in [-0.15, -0.1) is 0 Å². The number of allylic oxidation sites excluding steroid dienone is 1. The van der Waals surface area contributed by atoms with E-state index in [1.165, 1.54) is 88.7 Å². The normalized spacial score (nSPS) is 12.6. The van der Waals surface area contributed by atoms with Gasteiger partial charge in [0.1, 0.15) is 0 Å². The standard InChI is InChI=1S/C48H34N2/c1-3-19-37(20-4-1)49-45-29-9-7-23-41(45)43-27-13-25-39(47(43)49)35-17-11-15-33(31-35)34-16-12-18-36(32-34)40-26-14-28-44-42-24-8-10-30-46(42)50(48(40)44)38-21-5-2-6-22-38/h1-7,9-23,25-32H,8,24H2. The number of rotatable bonds is 5. The summed E-state index contributed by atoms with van der Waals surface area (Å²) in [6.07, 6.45) is 6.77. The van der Waals surface area contributed by atoms with Crippen molar-refractivity contribution in [2.45, 2.75) is 12.8 Å². The molecule has 0 atom stereocenters. The quantitative estimate of drug-likeness (QED) is 0.178. The third-order valence-electron chi connectivity index (χ3n) is 10.4. The van der Waals surface area contributed by atoms with E-state index in [-0.39, 0.29) is 0 Å². The van der Waals surface area contributed by atoms with E-state index in [0.717, 1.165) is 12.8 Å². The van der Waals surface area contributed by atoms with Gasteiger partial charge in [-0.05, 0) is 89.2 Å². The third-order valence-corrected chi connectivity index (χ3v) is 10.4. The van der Waals surface area contributed by atoms with Gasteiger partial charge in [-0.3, -0.25) is 0 Å². The highest BCUT2D eigenvalue weighted by atomic mass is 15.0. The molecule has 2 aromatic heterocycles. The van der Waals surface area contributed by atoms with E-state index in [1.54, 1.807) is 0 Å². The van der Waals surface area contributed by atoms with Crippen molar-refractivity contribution >= 4 is 38.8 Å². The fourth-order valence-corrected chi connectivity index (χ4v) is 8.19. The molecule has 9 aromatic rings. The number of nitrogens with zero attached hydrogens (tertiary/aromatic N) is 2. The Balaban J connectivity index is 1.14. The van der Waals surface area contributed by atoms with Crippen molar-refractivity contribution in [3.05, 3.63) is 187 Å². The molecule has 10 rings (SSSR count). The van der Waals surface area contributed by atoms with Crippen molar-refractivity contribution in [1.29, 1.82) is 0 Å². The molecule has 1 aliphatic carbocycles. The molecule has 2 nitrogen and oxygen atoms in total. The summed E-state index contributed by atoms with van der Waals surface area (Å²) < 4.78 is 4.89. The summed E-state index contributed by atoms with van der Waals surface area (Å²) in [5.41, 5.74) is 16.2. The van der Waals surface area contributed by atoms with Gasteiger partial charge in [0, 0.05) is 44.4 Å². The molecule has 0 radical (unpaired) electrons. The molecule has 1 aliphatic rings. The van der Waals surface area contributed by atoms with Crippen LogP contribution in [0.3, 0.4) is 0 Å². The topological polar surface area (TPSA) is 9.86 Å². The van der Waals surface area contributed by atoms with Gasteiger partial charge in [-0.1, -0.05) is 133 Å². The fourth-order valence-electron chi connectivity index (χ4n) is 8.19. The molecular weight excluding hydrogens is 605 g/mol. The summed E-state index contributed by atoms with van der Waals surface area (Å²) in [4.78, 5) is 0. The van der Waals surface area contributed by atoms with Crippen LogP contribution in [0.15, 0.2) is 176 Å². The maximum Gasteiger partial charge on any atom is 0.0619 e. The lowest BCUT2D eigenvalue weighted by Gasteiger charge is -2.14. The molecule has 0 unspecified atom stereocenters. The highest BCUT2D eigenvalue weighted by Crippen LogP contribution is 2.41. The van der Waals surface area contributed by atoms with Gasteiger partial charge in [0.15, 0.2) is 0 Å². The van der Waals surface area contributed by atoms with Crippen LogP contribution in [0.5, 0.6) is 0 Å². The summed E-state index contributed by atoms with van der Waals surface area (Å²) in [5, 5.41) is 3.88. The Morgan fingerprint density at radius 2 is 0.920 bits per heavy atom. The van der Waals surface area contributed by atoms with Gasteiger partial charge in [0.2, 0.25) is 0 Å². The number of benzene rings is 7. The van der Waals surface area contributed by atoms with Crippen molar-refractivity contribution in [3.8, 4) is 44.8 Å². The van der Waals surface area contributed by atoms with Gasteiger partial charge in [0.05, 0.1) is 16.6 Å². The Hall–Kier alpha value is -6.38. The van der Waals surface area contributed by atoms with Crippen LogP contribution in [0.4, 0.5) is 0 Å². The fraction of sp³-hybridized carbons (Fsp3) is 0.0417. The molecule has 2 heteroatoms. The van der Waals surface area contributed by atoms with Gasteiger partial charge >= 0.3 is 0 Å². The zero-order chi connectivity index (χ0) is 33.0. The van der Waals surface area contributed by atoms with Crippen LogP contribution >= 0.6 is 0 Å². The lowest BCUT2D eigenvalue weighted by atomic mass is 9.94. The van der Waals surface area contributed by atoms with Gasteiger partial charge in [-0.25, -0.2) is 0 Å². The first-order valence-corrected chi connectivity index (χ1v) is 17.5. The number of para-hydroxylation sites is 5. The number of hydrogen-bond donors (Lipinski definition) is 0. The first kappa shape index (κ1) is 28.6. The monoisotopic (exact) mass is 638 g/mol. The zero-order valence-electron chi connectivity index (χ0n) is 27.6. The predicted molar refractivity (Wildman–Crippen MR) is 211 cm³/mol. The molecule has 0 bridgehead atoms. The molecule has 236 valence electrons. The second-order valence-electron chi connectivity index (χ2n) is 13.2. The molecule has 0 aliphatic heterocycles. The SMILES string of the molecule is C1=Cc2c(c3cccc(-c4cccc(-c5cccc(-c6cccc7c8ccccc8n(-c8ccccc8)c67)c5)c4)c3n2-c2ccccc2)CC1. The molecule has 0 fully saturated rings. The Morgan fingerprint density at radius 1 is 0.400 bits per heavy atom. The van der Waals surface area contributed by atoms with Crippen molar-refractivity contribution in [1.82, 2.24) is 9.13 Å². The zero-order valence-corrected chi connectivity index (χ0v) is 27.6. The van der Waals surface area contributed by atoms with Crippen LogP contribution in [-0.2, 0) is 6.42 Å². The number of aryl methyl sites for hydroxylation is 1. The smallest absolute Gasteiger partial charge is 0.0619 e. The van der Waals surface area contributed by atoms with E-state index in [0.29, 0.717) is 0 Å². The van der Waals surface area contributed by atoms with E-state index in [4.69, 9.17) is 0 Å². The van der Waals surface area contributed by atoms with E-state index >= 15 is 0 Å². The van der Waals surface area contributed by atoms with E-state index < -0.39 is 0 Å². The second kappa shape index (κ2) is 11.6. The minimum absolute atomic E-state index is 1.06. The van der Waals surface area contributed by atoms with Gasteiger partial charge in [0.25, 0.3) is 0 Å². The maximum absolute atomic E-state index is 2.47. The predicted octanol–water partition coefficient (Wildman–Crippen LogP) is 12.7. The van der Waals surface area contributed by atoms with Crippen LogP contribution in [-0.4, -0.2) is 9.13 Å². The van der Waals surface area contributed by atoms with Crippen molar-refractivity contribution in [2.75, 3.05) is 0 Å². The Morgan fingerprint density at radius 3 is 1.60 bits per heavy atom. The van der Waals surface area contributed by atoms with Crippen LogP contribution in [0.25, 0.3) is 83.5 Å². The minimum atomic E-state index is 1.06. The lowest BCUT2D eigenvalue weighted by molar-refractivity contribution is 0.968. The maximum atomic E-state index is 2.47. The van der Waals surface area contributed by atoms with Crippen LogP contribution in [0, 0.1) is 0 Å². The van der Waals surface area contributed by atoms with Gasteiger partial charge < -0.3 is 9.13 Å². The summed E-state index contributed by atoms with van der Waals surface area (Å²) in [5.74, 6) is 0. The molecule has 2 heterocycles. The molecule has 0 spiro atoms. The number of hydrogen-bond acceptors (Lipinski definition) is 0. The Labute approximate surface area is 291 Å². The molecule has 0 saturated carbocycles. The van der Waals surface area contributed by atoms with E-state index in [9.17, 15) is 0 Å².